The van der Waals surface area contributed by atoms with E-state index in [9.17, 15) is 9.18 Å². The van der Waals surface area contributed by atoms with E-state index in [1.54, 1.807) is 17.0 Å². The lowest BCUT2D eigenvalue weighted by molar-refractivity contribution is -0.122. The summed E-state index contributed by atoms with van der Waals surface area (Å²) in [6, 6.07) is 13.7. The normalized spacial score (nSPS) is 13.4. The number of hydrogen-bond acceptors (Lipinski definition) is 3. The number of nitrogens with zero attached hydrogens (tertiary/aromatic N) is 2. The Balaban J connectivity index is 1.54. The Morgan fingerprint density at radius 2 is 2.00 bits per heavy atom. The summed E-state index contributed by atoms with van der Waals surface area (Å²) in [5.41, 5.74) is 2.82. The second-order valence-corrected chi connectivity index (χ2v) is 4.98. The minimum absolute atomic E-state index is 0.119. The molecule has 1 aliphatic heterocycles. The molecule has 0 saturated carbocycles. The van der Waals surface area contributed by atoms with Gasteiger partial charge in [0.2, 0.25) is 0 Å². The fourth-order valence-corrected chi connectivity index (χ4v) is 2.41. The molecule has 112 valence electrons. The molecule has 5 heteroatoms. The van der Waals surface area contributed by atoms with Gasteiger partial charge in [0.05, 0.1) is 6.21 Å². The van der Waals surface area contributed by atoms with Crippen LogP contribution in [0.5, 0.6) is 0 Å². The molecule has 22 heavy (non-hydrogen) atoms. The Kier molecular flexibility index (Phi) is 4.14. The van der Waals surface area contributed by atoms with E-state index in [1.807, 2.05) is 24.3 Å². The van der Waals surface area contributed by atoms with E-state index in [0.717, 1.165) is 12.1 Å². The third-order valence-corrected chi connectivity index (χ3v) is 3.52. The number of rotatable bonds is 4. The van der Waals surface area contributed by atoms with Gasteiger partial charge in [0, 0.05) is 12.2 Å². The third kappa shape index (κ3) is 3.14. The molecule has 0 atom stereocenters. The van der Waals surface area contributed by atoms with E-state index in [4.69, 9.17) is 4.84 Å². The highest BCUT2D eigenvalue weighted by molar-refractivity contribution is 5.96. The molecule has 1 amide bonds. The van der Waals surface area contributed by atoms with E-state index >= 15 is 0 Å². The summed E-state index contributed by atoms with van der Waals surface area (Å²) in [5, 5.41) is 3.74. The van der Waals surface area contributed by atoms with Gasteiger partial charge in [-0.25, -0.2) is 4.39 Å². The quantitative estimate of drug-likeness (QED) is 0.643. The molecular formula is C17H15FN2O2. The predicted octanol–water partition coefficient (Wildman–Crippen LogP) is 2.77. The van der Waals surface area contributed by atoms with Gasteiger partial charge in [-0.05, 0) is 35.7 Å². The molecule has 0 unspecified atom stereocenters. The Morgan fingerprint density at radius 3 is 2.82 bits per heavy atom. The lowest BCUT2D eigenvalue weighted by Crippen LogP contribution is -2.31. The van der Waals surface area contributed by atoms with Gasteiger partial charge in [-0.2, -0.15) is 0 Å². The first-order chi connectivity index (χ1) is 10.7. The lowest BCUT2D eigenvalue weighted by Gasteiger charge is -2.16. The molecule has 0 fully saturated rings. The van der Waals surface area contributed by atoms with E-state index in [2.05, 4.69) is 5.16 Å². The third-order valence-electron chi connectivity index (χ3n) is 3.52. The zero-order chi connectivity index (χ0) is 15.4. The van der Waals surface area contributed by atoms with E-state index in [0.29, 0.717) is 12.1 Å². The van der Waals surface area contributed by atoms with E-state index in [-0.39, 0.29) is 18.3 Å². The summed E-state index contributed by atoms with van der Waals surface area (Å²) >= 11 is 0. The minimum atomic E-state index is -0.305. The molecular weight excluding hydrogens is 283 g/mol. The molecule has 4 nitrogen and oxygen atoms in total. The van der Waals surface area contributed by atoms with Gasteiger partial charge < -0.3 is 9.74 Å². The zero-order valence-electron chi connectivity index (χ0n) is 11.9. The molecule has 0 radical (unpaired) electrons. The number of carbonyl (C=O) groups excluding carboxylic acids is 1. The van der Waals surface area contributed by atoms with Crippen LogP contribution >= 0.6 is 0 Å². The first kappa shape index (κ1) is 14.3. The zero-order valence-corrected chi connectivity index (χ0v) is 11.9. The van der Waals surface area contributed by atoms with Crippen molar-refractivity contribution < 1.29 is 14.0 Å². The molecule has 0 N–H and O–H groups in total. The van der Waals surface area contributed by atoms with E-state index < -0.39 is 0 Å². The fourth-order valence-electron chi connectivity index (χ4n) is 2.41. The van der Waals surface area contributed by atoms with Gasteiger partial charge in [0.25, 0.3) is 5.91 Å². The maximum Gasteiger partial charge on any atom is 0.267 e. The summed E-state index contributed by atoms with van der Waals surface area (Å²) in [4.78, 5) is 18.9. The van der Waals surface area contributed by atoms with Crippen LogP contribution in [0, 0.1) is 5.82 Å². The van der Waals surface area contributed by atoms with Gasteiger partial charge >= 0.3 is 0 Å². The number of hydrogen-bond donors (Lipinski definition) is 0. The Labute approximate surface area is 127 Å². The van der Waals surface area contributed by atoms with Crippen molar-refractivity contribution in [3.05, 3.63) is 65.5 Å². The second kappa shape index (κ2) is 6.39. The summed E-state index contributed by atoms with van der Waals surface area (Å²) in [6.07, 6.45) is 2.31. The molecule has 3 rings (SSSR count). The van der Waals surface area contributed by atoms with Gasteiger partial charge in [-0.3, -0.25) is 4.79 Å². The van der Waals surface area contributed by atoms with Crippen LogP contribution in [0.15, 0.2) is 53.7 Å². The van der Waals surface area contributed by atoms with Crippen molar-refractivity contribution in [1.82, 2.24) is 0 Å². The van der Waals surface area contributed by atoms with Crippen LogP contribution in [0.25, 0.3) is 0 Å². The molecule has 2 aromatic rings. The number of para-hydroxylation sites is 1. The smallest absolute Gasteiger partial charge is 0.267 e. The molecule has 2 aromatic carbocycles. The molecule has 1 aliphatic rings. The molecule has 0 bridgehead atoms. The maximum atomic E-state index is 12.7. The average molecular weight is 298 g/mol. The van der Waals surface area contributed by atoms with Crippen molar-refractivity contribution in [3.8, 4) is 0 Å². The van der Waals surface area contributed by atoms with Crippen molar-refractivity contribution in [2.24, 2.45) is 5.16 Å². The van der Waals surface area contributed by atoms with Crippen molar-refractivity contribution >= 4 is 17.8 Å². The highest BCUT2D eigenvalue weighted by Gasteiger charge is 2.24. The van der Waals surface area contributed by atoms with Crippen LogP contribution in [0.1, 0.15) is 11.1 Å². The largest absolute Gasteiger partial charge is 0.386 e. The Bertz CT molecular complexity index is 698. The molecule has 0 saturated heterocycles. The monoisotopic (exact) mass is 298 g/mol. The summed E-state index contributed by atoms with van der Waals surface area (Å²) in [7, 11) is 0. The van der Waals surface area contributed by atoms with Gasteiger partial charge in [0.1, 0.15) is 5.82 Å². The standard InChI is InChI=1S/C17H15FN2O2/c18-15-7-5-13(6-8-15)11-19-22-12-17(21)20-10-9-14-3-1-2-4-16(14)20/h1-8,11H,9-10,12H2/b19-11+. The molecule has 0 spiro atoms. The topological polar surface area (TPSA) is 41.9 Å². The highest BCUT2D eigenvalue weighted by atomic mass is 19.1. The number of benzene rings is 2. The number of halogens is 1. The average Bonchev–Trinajstić information content (AvgIpc) is 2.97. The number of oxime groups is 1. The minimum Gasteiger partial charge on any atom is -0.386 e. The van der Waals surface area contributed by atoms with E-state index in [1.165, 1.54) is 23.9 Å². The first-order valence-corrected chi connectivity index (χ1v) is 7.03. The first-order valence-electron chi connectivity index (χ1n) is 7.03. The summed E-state index contributed by atoms with van der Waals surface area (Å²) < 4.78 is 12.7. The van der Waals surface area contributed by atoms with Crippen molar-refractivity contribution in [1.29, 1.82) is 0 Å². The molecule has 0 aliphatic carbocycles. The van der Waals surface area contributed by atoms with Crippen LogP contribution in [0.3, 0.4) is 0 Å². The molecule has 0 aromatic heterocycles. The second-order valence-electron chi connectivity index (χ2n) is 4.98. The van der Waals surface area contributed by atoms with Crippen LogP contribution in [0.4, 0.5) is 10.1 Å². The maximum absolute atomic E-state index is 12.7. The van der Waals surface area contributed by atoms with Crippen molar-refractivity contribution in [3.63, 3.8) is 0 Å². The van der Waals surface area contributed by atoms with Crippen LogP contribution in [0.2, 0.25) is 0 Å². The Morgan fingerprint density at radius 1 is 1.23 bits per heavy atom. The summed E-state index contributed by atoms with van der Waals surface area (Å²) in [5.74, 6) is -0.429. The number of anilines is 1. The number of carbonyl (C=O) groups is 1. The number of amides is 1. The van der Waals surface area contributed by atoms with Crippen molar-refractivity contribution in [2.75, 3.05) is 18.1 Å². The van der Waals surface area contributed by atoms with Gasteiger partial charge in [-0.15, -0.1) is 0 Å². The SMILES string of the molecule is O=C(CO/N=C/c1ccc(F)cc1)N1CCc2ccccc21. The van der Waals surface area contributed by atoms with Crippen LogP contribution in [-0.2, 0) is 16.1 Å². The highest BCUT2D eigenvalue weighted by Crippen LogP contribution is 2.27. The molecule has 1 heterocycles. The fraction of sp³-hybridized carbons (Fsp3) is 0.176. The summed E-state index contributed by atoms with van der Waals surface area (Å²) in [6.45, 7) is 0.551. The van der Waals surface area contributed by atoms with Gasteiger partial charge in [-0.1, -0.05) is 35.5 Å². The number of fused-ring (bicyclic) bond motifs is 1. The lowest BCUT2D eigenvalue weighted by atomic mass is 10.2. The van der Waals surface area contributed by atoms with Crippen LogP contribution < -0.4 is 4.90 Å². The van der Waals surface area contributed by atoms with Crippen LogP contribution in [-0.4, -0.2) is 25.3 Å². The van der Waals surface area contributed by atoms with Gasteiger partial charge in [0.15, 0.2) is 6.61 Å². The Hall–Kier alpha value is -2.69. The predicted molar refractivity (Wildman–Crippen MR) is 82.4 cm³/mol. The van der Waals surface area contributed by atoms with Crippen molar-refractivity contribution in [2.45, 2.75) is 6.42 Å².